The molecule has 0 aliphatic carbocycles. The van der Waals surface area contributed by atoms with Crippen LogP contribution in [0, 0.1) is 6.07 Å². The van der Waals surface area contributed by atoms with E-state index in [0.29, 0.717) is 39.3 Å². The van der Waals surface area contributed by atoms with Crippen molar-refractivity contribution in [1.82, 2.24) is 14.5 Å². The molecule has 9 aromatic rings. The molecule has 0 saturated heterocycles. The second-order valence-electron chi connectivity index (χ2n) is 21.1. The van der Waals surface area contributed by atoms with Gasteiger partial charge < -0.3 is 5.11 Å². The molecule has 352 valence electrons. The maximum absolute atomic E-state index is 12.6. The van der Waals surface area contributed by atoms with Crippen LogP contribution in [0.25, 0.3) is 83.9 Å². The Bertz CT molecular complexity index is 3620. The summed E-state index contributed by atoms with van der Waals surface area (Å²) >= 11 is 0. The third-order valence-electron chi connectivity index (χ3n) is 12.8. The molecule has 9 rings (SSSR count). The first-order valence-electron chi connectivity index (χ1n) is 27.7. The number of aromatic nitrogens is 3. The van der Waals surface area contributed by atoms with Crippen LogP contribution in [-0.4, -0.2) is 19.6 Å². The number of hydrogen-bond acceptors (Lipinski definition) is 3. The zero-order chi connectivity index (χ0) is 55.8. The number of para-hydroxylation sites is 1. The molecule has 0 amide bonds. The molecule has 0 unspecified atom stereocenters. The second-order valence-corrected chi connectivity index (χ2v) is 21.1. The van der Waals surface area contributed by atoms with Crippen LogP contribution in [-0.2, 0) is 42.7 Å². The Morgan fingerprint density at radius 3 is 1.70 bits per heavy atom. The predicted molar refractivity (Wildman–Crippen MR) is 287 cm³/mol. The molecular weight excluding hydrogens is 1020 g/mol. The fourth-order valence-electron chi connectivity index (χ4n) is 8.86. The fourth-order valence-corrected chi connectivity index (χ4v) is 8.86. The average Bonchev–Trinajstić information content (AvgIpc) is 3.19. The van der Waals surface area contributed by atoms with Gasteiger partial charge in [0, 0.05) is 56.5 Å². The van der Waals surface area contributed by atoms with Gasteiger partial charge >= 0.3 is 0 Å². The van der Waals surface area contributed by atoms with Crippen molar-refractivity contribution in [3.63, 3.8) is 0 Å². The summed E-state index contributed by atoms with van der Waals surface area (Å²) in [6.07, 6.45) is 1.66. The summed E-state index contributed by atoms with van der Waals surface area (Å²) in [7, 11) is 0. The Morgan fingerprint density at radius 1 is 0.493 bits per heavy atom. The molecule has 7 aromatic carbocycles. The van der Waals surface area contributed by atoms with Crippen molar-refractivity contribution in [2.45, 2.75) is 105 Å². The largest absolute Gasteiger partial charge is 0.507 e. The number of fused-ring (bicyclic) bond motifs is 1. The first kappa shape index (κ1) is 38.5. The number of rotatable bonds is 7. The molecule has 4 nitrogen and oxygen atoms in total. The summed E-state index contributed by atoms with van der Waals surface area (Å²) in [6.45, 7) is 9.39. The van der Waals surface area contributed by atoms with Crippen molar-refractivity contribution in [1.29, 1.82) is 0 Å². The molecular formula is C64H64N3OPt-. The molecule has 0 spiro atoms. The summed E-state index contributed by atoms with van der Waals surface area (Å²) in [4.78, 5) is 10.5. The quantitative estimate of drug-likeness (QED) is 0.162. The molecule has 0 aliphatic heterocycles. The molecule has 5 heteroatoms. The van der Waals surface area contributed by atoms with E-state index in [1.807, 2.05) is 72.8 Å². The maximum atomic E-state index is 12.6. The van der Waals surface area contributed by atoms with Gasteiger partial charge in [-0.25, -0.2) is 4.98 Å². The zero-order valence-electron chi connectivity index (χ0n) is 49.7. The van der Waals surface area contributed by atoms with E-state index in [1.54, 1.807) is 24.4 Å². The van der Waals surface area contributed by atoms with E-state index >= 15 is 0 Å². The van der Waals surface area contributed by atoms with Crippen LogP contribution in [0.15, 0.2) is 164 Å². The summed E-state index contributed by atoms with van der Waals surface area (Å²) < 4.78 is 76.3. The van der Waals surface area contributed by atoms with Gasteiger partial charge in [-0.2, -0.15) is 0 Å². The van der Waals surface area contributed by atoms with Gasteiger partial charge in [-0.1, -0.05) is 215 Å². The third-order valence-corrected chi connectivity index (χ3v) is 12.8. The van der Waals surface area contributed by atoms with Crippen molar-refractivity contribution in [3.05, 3.63) is 192 Å². The SMILES string of the molecule is [2H]C([2H])([2H])C(c1ccc(-c2ccnc(-c3[c-]c(-c4cccc5c4nc(-c4cc(C(C)(C)C)cc(C(C)(C)C)c4O)n5-c4cc(-c5ccccc5)cc(C(C)(C)C)c4)cc(-c4ccccc4)c3)c2)cc1)(C([2H])([2H])[2H])C([2H])([2H])[2H].[Pt]. The van der Waals surface area contributed by atoms with Gasteiger partial charge in [-0.3, -0.25) is 9.55 Å². The number of phenols is 1. The molecule has 1 N–H and O–H groups in total. The van der Waals surface area contributed by atoms with Gasteiger partial charge in [-0.15, -0.1) is 23.8 Å². The normalized spacial score (nSPS) is 14.8. The summed E-state index contributed by atoms with van der Waals surface area (Å²) in [5.74, 6) is 0.755. The molecule has 0 atom stereocenters. The van der Waals surface area contributed by atoms with Crippen molar-refractivity contribution < 1.29 is 38.5 Å². The Kier molecular flexibility index (Phi) is 10.3. The Hall–Kier alpha value is -6.35. The van der Waals surface area contributed by atoms with Crippen molar-refractivity contribution in [3.8, 4) is 78.6 Å². The van der Waals surface area contributed by atoms with Gasteiger partial charge in [0.15, 0.2) is 0 Å². The smallest absolute Gasteiger partial charge is 0.148 e. The Morgan fingerprint density at radius 2 is 1.09 bits per heavy atom. The average molecular weight is 1100 g/mol. The molecule has 0 bridgehead atoms. The van der Waals surface area contributed by atoms with Gasteiger partial charge in [0.05, 0.1) is 16.6 Å². The van der Waals surface area contributed by atoms with Crippen LogP contribution in [0.5, 0.6) is 5.75 Å². The van der Waals surface area contributed by atoms with Gasteiger partial charge in [0.1, 0.15) is 11.6 Å². The minimum absolute atomic E-state index is 0. The molecule has 69 heavy (non-hydrogen) atoms. The monoisotopic (exact) mass is 1090 g/mol. The first-order valence-corrected chi connectivity index (χ1v) is 23.2. The fraction of sp³-hybridized carbons (Fsp3) is 0.250. The van der Waals surface area contributed by atoms with E-state index in [1.165, 1.54) is 12.1 Å². The van der Waals surface area contributed by atoms with Gasteiger partial charge in [0.25, 0.3) is 0 Å². The number of hydrogen-bond donors (Lipinski definition) is 1. The predicted octanol–water partition coefficient (Wildman–Crippen LogP) is 17.1. The van der Waals surface area contributed by atoms with Crippen LogP contribution >= 0.6 is 0 Å². The van der Waals surface area contributed by atoms with Crippen molar-refractivity contribution in [2.75, 3.05) is 0 Å². The number of pyridine rings is 1. The second kappa shape index (κ2) is 18.5. The van der Waals surface area contributed by atoms with Crippen LogP contribution in [0.2, 0.25) is 0 Å². The van der Waals surface area contributed by atoms with Gasteiger partial charge in [0.2, 0.25) is 0 Å². The van der Waals surface area contributed by atoms with Crippen LogP contribution in [0.1, 0.15) is 117 Å². The number of benzene rings is 7. The molecule has 0 radical (unpaired) electrons. The van der Waals surface area contributed by atoms with E-state index in [4.69, 9.17) is 22.3 Å². The van der Waals surface area contributed by atoms with Crippen molar-refractivity contribution >= 4 is 11.0 Å². The van der Waals surface area contributed by atoms with Crippen molar-refractivity contribution in [2.24, 2.45) is 0 Å². The van der Waals surface area contributed by atoms with E-state index in [2.05, 4.69) is 128 Å². The third kappa shape index (κ3) is 10.1. The Labute approximate surface area is 437 Å². The molecule has 2 heterocycles. The minimum atomic E-state index is -3.38. The number of imidazole rings is 1. The minimum Gasteiger partial charge on any atom is -0.507 e. The summed E-state index contributed by atoms with van der Waals surface area (Å²) in [5.41, 5.74) is 9.73. The van der Waals surface area contributed by atoms with E-state index in [0.717, 1.165) is 61.3 Å². The van der Waals surface area contributed by atoms with E-state index in [9.17, 15) is 5.11 Å². The number of nitrogens with zero attached hydrogens (tertiary/aromatic N) is 3. The molecule has 0 saturated carbocycles. The topological polar surface area (TPSA) is 50.9 Å². The molecule has 2 aromatic heterocycles. The standard InChI is InChI=1S/C64H64N3O.Pt/c1-61(2,3)49-28-26-43(27-29-49)44-30-31-65-56(37-44)48-33-45(41-20-15-13-16-21-41)32-47(34-48)53-24-19-25-57-58(53)66-60(54-39-51(63(7,8)9)40-55(59(54)68)64(10,11)12)67(57)52-36-46(42-22-17-14-18-23-42)35-50(38-52)62(4,5)6;/h13-33,35-40,68H,1-12H3;/q-1;/i1D3,2D3,3D3;. The first-order chi connectivity index (χ1) is 35.9. The van der Waals surface area contributed by atoms with E-state index in [-0.39, 0.29) is 43.2 Å². The molecule has 0 fully saturated rings. The van der Waals surface area contributed by atoms with E-state index < -0.39 is 31.4 Å². The number of aromatic hydroxyl groups is 1. The van der Waals surface area contributed by atoms with Crippen LogP contribution < -0.4 is 0 Å². The maximum Gasteiger partial charge on any atom is 0.148 e. The number of phenolic OH excluding ortho intramolecular Hbond substituents is 1. The molecule has 0 aliphatic rings. The van der Waals surface area contributed by atoms with Crippen LogP contribution in [0.3, 0.4) is 0 Å². The van der Waals surface area contributed by atoms with Gasteiger partial charge in [-0.05, 0) is 96.5 Å². The summed E-state index contributed by atoms with van der Waals surface area (Å²) in [6, 6.07) is 54.7. The Balaban J connectivity index is 0.00000803. The summed E-state index contributed by atoms with van der Waals surface area (Å²) in [5, 5.41) is 12.6. The zero-order valence-corrected chi connectivity index (χ0v) is 43.0. The van der Waals surface area contributed by atoms with Crippen LogP contribution in [0.4, 0.5) is 0 Å².